The van der Waals surface area contributed by atoms with Gasteiger partial charge in [0.15, 0.2) is 5.78 Å². The fraction of sp³-hybridized carbons (Fsp3) is 0.533. The van der Waals surface area contributed by atoms with E-state index in [1.807, 2.05) is 12.2 Å². The van der Waals surface area contributed by atoms with Gasteiger partial charge >= 0.3 is 0 Å². The Morgan fingerprint density at radius 3 is 2.05 bits per heavy atom. The second-order valence-electron chi connectivity index (χ2n) is 4.50. The summed E-state index contributed by atoms with van der Waals surface area (Å²) in [5.74, 6) is -1.07. The third-order valence-corrected chi connectivity index (χ3v) is 3.41. The summed E-state index contributed by atoms with van der Waals surface area (Å²) in [6, 6.07) is 0. The molecule has 0 saturated carbocycles. The second-order valence-corrected chi connectivity index (χ2v) is 6.08. The van der Waals surface area contributed by atoms with Gasteiger partial charge in [-0.1, -0.05) is 25.2 Å². The number of carbonyl (C=O) groups excluding carboxylic acids is 1. The first-order chi connectivity index (χ1) is 10.3. The van der Waals surface area contributed by atoms with Gasteiger partial charge < -0.3 is 10.4 Å². The van der Waals surface area contributed by atoms with Crippen LogP contribution < -0.4 is 5.32 Å². The van der Waals surface area contributed by atoms with Gasteiger partial charge in [0.1, 0.15) is 0 Å². The topological polar surface area (TPSA) is 104 Å². The van der Waals surface area contributed by atoms with Crippen LogP contribution in [0.25, 0.3) is 0 Å². The Labute approximate surface area is 133 Å². The molecule has 0 bridgehead atoms. The van der Waals surface area contributed by atoms with E-state index in [-0.39, 0.29) is 24.6 Å². The smallest absolute Gasteiger partial charge is 0.264 e. The van der Waals surface area contributed by atoms with Crippen molar-refractivity contribution < 1.29 is 22.9 Å². The first kappa shape index (κ1) is 23.0. The van der Waals surface area contributed by atoms with Crippen molar-refractivity contribution >= 4 is 15.9 Å². The molecular weight excluding hydrogens is 306 g/mol. The van der Waals surface area contributed by atoms with E-state index in [0.717, 1.165) is 19.2 Å². The minimum absolute atomic E-state index is 0.246. The van der Waals surface area contributed by atoms with E-state index in [1.54, 1.807) is 0 Å². The van der Waals surface area contributed by atoms with E-state index in [4.69, 9.17) is 9.66 Å². The van der Waals surface area contributed by atoms with Crippen LogP contribution in [0, 0.1) is 5.92 Å². The van der Waals surface area contributed by atoms with Gasteiger partial charge in [0.25, 0.3) is 10.1 Å². The highest BCUT2D eigenvalue weighted by atomic mass is 32.2. The van der Waals surface area contributed by atoms with Crippen LogP contribution in [0.2, 0.25) is 0 Å². The largest absolute Gasteiger partial charge is 0.396 e. The average Bonchev–Trinajstić information content (AvgIpc) is 2.47. The molecular formula is C15H27NO5S. The number of hydrogen-bond donors (Lipinski definition) is 3. The molecule has 0 saturated heterocycles. The standard InChI is InChI=1S/C9H16O5S.C6H11N/c1-2-9(11)8(7-10)5-3-4-6-15(12,13)14;1-3-5-7-6-4-2/h2,8,10H,1,3-7H2,(H,12,13,14);3-4,7H,1-2,5-6H2. The molecule has 22 heavy (non-hydrogen) atoms. The van der Waals surface area contributed by atoms with Crippen molar-refractivity contribution in [2.75, 3.05) is 25.4 Å². The number of nitrogens with one attached hydrogen (secondary N) is 1. The fourth-order valence-electron chi connectivity index (χ4n) is 1.45. The number of aliphatic hydroxyl groups is 1. The SMILES string of the molecule is C=CC(=O)C(CO)CCCCS(=O)(=O)O.C=CCNCC=C. The van der Waals surface area contributed by atoms with Crippen LogP contribution in [0.5, 0.6) is 0 Å². The Kier molecular flexibility index (Phi) is 15.3. The third-order valence-electron chi connectivity index (χ3n) is 2.61. The lowest BCUT2D eigenvalue weighted by molar-refractivity contribution is -0.119. The summed E-state index contributed by atoms with van der Waals surface area (Å²) in [5, 5.41) is 11.9. The van der Waals surface area contributed by atoms with Crippen LogP contribution in [0.3, 0.4) is 0 Å². The van der Waals surface area contributed by atoms with Crippen LogP contribution in [-0.2, 0) is 14.9 Å². The highest BCUT2D eigenvalue weighted by molar-refractivity contribution is 7.85. The second kappa shape index (κ2) is 14.6. The summed E-state index contributed by atoms with van der Waals surface area (Å²) >= 11 is 0. The van der Waals surface area contributed by atoms with Gasteiger partial charge in [-0.15, -0.1) is 13.2 Å². The van der Waals surface area contributed by atoms with Crippen molar-refractivity contribution in [1.82, 2.24) is 5.32 Å². The molecule has 3 N–H and O–H groups in total. The first-order valence-corrected chi connectivity index (χ1v) is 8.58. The Morgan fingerprint density at radius 1 is 1.14 bits per heavy atom. The van der Waals surface area contributed by atoms with Crippen molar-refractivity contribution in [2.45, 2.75) is 19.3 Å². The number of aliphatic hydroxyl groups excluding tert-OH is 1. The van der Waals surface area contributed by atoms with Crippen molar-refractivity contribution in [3.63, 3.8) is 0 Å². The molecule has 7 heteroatoms. The first-order valence-electron chi connectivity index (χ1n) is 6.97. The maximum atomic E-state index is 11.1. The molecule has 0 amide bonds. The predicted molar refractivity (Wildman–Crippen MR) is 89.3 cm³/mol. The predicted octanol–water partition coefficient (Wildman–Crippen LogP) is 1.36. The molecule has 0 fully saturated rings. The molecule has 0 aliphatic carbocycles. The number of carbonyl (C=O) groups is 1. The number of ketones is 1. The van der Waals surface area contributed by atoms with E-state index in [0.29, 0.717) is 12.8 Å². The molecule has 0 rings (SSSR count). The maximum Gasteiger partial charge on any atom is 0.264 e. The highest BCUT2D eigenvalue weighted by Gasteiger charge is 2.14. The van der Waals surface area contributed by atoms with Crippen LogP contribution >= 0.6 is 0 Å². The van der Waals surface area contributed by atoms with E-state index in [1.165, 1.54) is 0 Å². The van der Waals surface area contributed by atoms with Crippen molar-refractivity contribution in [3.8, 4) is 0 Å². The minimum atomic E-state index is -3.92. The van der Waals surface area contributed by atoms with Crippen LogP contribution in [0.1, 0.15) is 19.3 Å². The zero-order chi connectivity index (χ0) is 17.4. The molecule has 6 nitrogen and oxygen atoms in total. The van der Waals surface area contributed by atoms with Gasteiger partial charge in [-0.2, -0.15) is 8.42 Å². The summed E-state index contributed by atoms with van der Waals surface area (Å²) in [6.45, 7) is 11.8. The number of unbranched alkanes of at least 4 members (excludes halogenated alkanes) is 1. The molecule has 0 spiro atoms. The van der Waals surface area contributed by atoms with Crippen molar-refractivity contribution in [2.24, 2.45) is 5.92 Å². The van der Waals surface area contributed by atoms with Crippen molar-refractivity contribution in [1.29, 1.82) is 0 Å². The molecule has 1 atom stereocenters. The normalized spacial score (nSPS) is 11.7. The zero-order valence-electron chi connectivity index (χ0n) is 12.9. The molecule has 0 aliphatic rings. The molecule has 0 radical (unpaired) electrons. The van der Waals surface area contributed by atoms with Crippen molar-refractivity contribution in [3.05, 3.63) is 38.0 Å². The van der Waals surface area contributed by atoms with E-state index in [2.05, 4.69) is 25.1 Å². The fourth-order valence-corrected chi connectivity index (χ4v) is 2.02. The van der Waals surface area contributed by atoms with E-state index < -0.39 is 16.0 Å². The lowest BCUT2D eigenvalue weighted by Gasteiger charge is -2.09. The van der Waals surface area contributed by atoms with Gasteiger partial charge in [0.05, 0.1) is 12.4 Å². The quantitative estimate of drug-likeness (QED) is 0.216. The summed E-state index contributed by atoms with van der Waals surface area (Å²) in [6.07, 6.45) is 5.93. The summed E-state index contributed by atoms with van der Waals surface area (Å²) in [7, 11) is -3.92. The van der Waals surface area contributed by atoms with E-state index in [9.17, 15) is 13.2 Å². The number of rotatable bonds is 12. The Hall–Kier alpha value is -1.28. The Balaban J connectivity index is 0. The number of hydrogen-bond acceptors (Lipinski definition) is 5. The van der Waals surface area contributed by atoms with Crippen LogP contribution in [0.15, 0.2) is 38.0 Å². The molecule has 0 aromatic heterocycles. The third kappa shape index (κ3) is 16.8. The molecule has 128 valence electrons. The molecule has 0 aromatic rings. The lowest BCUT2D eigenvalue weighted by atomic mass is 9.98. The molecule has 0 aromatic carbocycles. The van der Waals surface area contributed by atoms with E-state index >= 15 is 0 Å². The Morgan fingerprint density at radius 2 is 1.68 bits per heavy atom. The summed E-state index contributed by atoms with van der Waals surface area (Å²) in [5.41, 5.74) is 0. The van der Waals surface area contributed by atoms with Gasteiger partial charge in [-0.25, -0.2) is 0 Å². The molecule has 0 aliphatic heterocycles. The highest BCUT2D eigenvalue weighted by Crippen LogP contribution is 2.10. The van der Waals surface area contributed by atoms with Gasteiger partial charge in [0.2, 0.25) is 0 Å². The van der Waals surface area contributed by atoms with Gasteiger partial charge in [0, 0.05) is 19.0 Å². The zero-order valence-corrected chi connectivity index (χ0v) is 13.7. The molecule has 0 heterocycles. The maximum absolute atomic E-state index is 11.1. The average molecular weight is 333 g/mol. The minimum Gasteiger partial charge on any atom is -0.396 e. The monoisotopic (exact) mass is 333 g/mol. The summed E-state index contributed by atoms with van der Waals surface area (Å²) in [4.78, 5) is 11.1. The van der Waals surface area contributed by atoms with Crippen LogP contribution in [0.4, 0.5) is 0 Å². The van der Waals surface area contributed by atoms with Crippen LogP contribution in [-0.4, -0.2) is 49.3 Å². The molecule has 1 unspecified atom stereocenters. The van der Waals surface area contributed by atoms with Gasteiger partial charge in [-0.3, -0.25) is 9.35 Å². The number of allylic oxidation sites excluding steroid dienone is 1. The van der Waals surface area contributed by atoms with Gasteiger partial charge in [-0.05, 0) is 18.9 Å². The lowest BCUT2D eigenvalue weighted by Crippen LogP contribution is -2.16. The Bertz CT molecular complexity index is 423. The summed E-state index contributed by atoms with van der Waals surface area (Å²) < 4.78 is 29.2.